The molecule has 266 valence electrons. The van der Waals surface area contributed by atoms with Gasteiger partial charge in [0, 0.05) is 18.8 Å². The Bertz CT molecular complexity index is 1810. The Balaban J connectivity index is 1.17. The number of hydrogen-bond donors (Lipinski definition) is 1. The predicted molar refractivity (Wildman–Crippen MR) is 174 cm³/mol. The molecule has 2 aromatic heterocycles. The molecule has 1 aliphatic carbocycles. The lowest BCUT2D eigenvalue weighted by molar-refractivity contribution is -0.165. The normalized spacial score (nSPS) is 25.8. The molecule has 2 saturated heterocycles. The molecule has 2 amide bonds. The van der Waals surface area contributed by atoms with Crippen LogP contribution in [0.25, 0.3) is 16.7 Å². The van der Waals surface area contributed by atoms with Crippen molar-refractivity contribution in [1.29, 1.82) is 0 Å². The molecule has 0 bridgehead atoms. The van der Waals surface area contributed by atoms with Gasteiger partial charge in [-0.3, -0.25) is 23.6 Å². The molecule has 49 heavy (non-hydrogen) atoms. The zero-order chi connectivity index (χ0) is 35.7. The van der Waals surface area contributed by atoms with Crippen LogP contribution < -0.4 is 5.56 Å². The number of ether oxygens (including phenoxy) is 2. The summed E-state index contributed by atoms with van der Waals surface area (Å²) in [7, 11) is 0. The highest BCUT2D eigenvalue weighted by molar-refractivity contribution is 6.31. The molecule has 0 radical (unpaired) electrons. The maximum atomic E-state index is 13.6. The van der Waals surface area contributed by atoms with Gasteiger partial charge in [0.15, 0.2) is 5.65 Å². The Morgan fingerprint density at radius 1 is 1.14 bits per heavy atom. The minimum absolute atomic E-state index is 0.0830. The standard InChI is InChI=1S/C34H41ClF3N5O6/c1-20-16-42(30(46)49-31(2,3)4)24(17-48-20)21-6-8-22(9-7-21)43-26(35)14-23-27(43)39-19-41(28(23)44)18-33(47)10-12-40(13-11-33)29(45)32(5)15-25(32)34(36,37)38/h6-9,14,19-20,24-25,47H,10-13,15-18H2,1-5H3/t20-,24-,25+,32+/m1/s1. The maximum absolute atomic E-state index is 13.6. The van der Waals surface area contributed by atoms with Gasteiger partial charge in [0.05, 0.1) is 54.2 Å². The molecule has 11 nitrogen and oxygen atoms in total. The number of aliphatic hydroxyl groups is 1. The van der Waals surface area contributed by atoms with Crippen molar-refractivity contribution in [3.05, 3.63) is 57.7 Å². The van der Waals surface area contributed by atoms with Crippen molar-refractivity contribution in [3.8, 4) is 5.69 Å². The monoisotopic (exact) mass is 707 g/mol. The summed E-state index contributed by atoms with van der Waals surface area (Å²) in [6.45, 7) is 9.42. The van der Waals surface area contributed by atoms with Gasteiger partial charge in [-0.15, -0.1) is 0 Å². The van der Waals surface area contributed by atoms with Crippen LogP contribution in [0, 0.1) is 11.3 Å². The number of amides is 2. The number of likely N-dealkylation sites (tertiary alicyclic amines) is 1. The zero-order valence-electron chi connectivity index (χ0n) is 28.1. The molecule has 4 atom stereocenters. The Kier molecular flexibility index (Phi) is 8.84. The maximum Gasteiger partial charge on any atom is 0.410 e. The van der Waals surface area contributed by atoms with E-state index in [1.54, 1.807) is 9.47 Å². The summed E-state index contributed by atoms with van der Waals surface area (Å²) in [6.07, 6.45) is -3.70. The molecule has 6 rings (SSSR count). The second-order valence-corrected chi connectivity index (χ2v) is 15.2. The highest BCUT2D eigenvalue weighted by atomic mass is 35.5. The molecule has 0 unspecified atom stereocenters. The topological polar surface area (TPSA) is 119 Å². The first-order valence-electron chi connectivity index (χ1n) is 16.4. The number of aromatic nitrogens is 3. The van der Waals surface area contributed by atoms with Gasteiger partial charge in [-0.2, -0.15) is 13.2 Å². The summed E-state index contributed by atoms with van der Waals surface area (Å²) in [5.41, 5.74) is -2.12. The van der Waals surface area contributed by atoms with E-state index < -0.39 is 46.3 Å². The molecular formula is C34H41ClF3N5O6. The predicted octanol–water partition coefficient (Wildman–Crippen LogP) is 5.48. The highest BCUT2D eigenvalue weighted by Gasteiger charge is 2.68. The molecule has 2 aliphatic heterocycles. The van der Waals surface area contributed by atoms with E-state index in [0.29, 0.717) is 24.5 Å². The number of hydrogen-bond acceptors (Lipinski definition) is 7. The first kappa shape index (κ1) is 35.2. The molecule has 1 N–H and O–H groups in total. The van der Waals surface area contributed by atoms with E-state index in [0.717, 1.165) is 5.56 Å². The number of piperidine rings is 1. The molecule has 3 fully saturated rings. The lowest BCUT2D eigenvalue weighted by Gasteiger charge is -2.39. The van der Waals surface area contributed by atoms with Crippen molar-refractivity contribution in [3.63, 3.8) is 0 Å². The molecule has 1 saturated carbocycles. The SMILES string of the molecule is C[C@@H]1CN(C(=O)OC(C)(C)C)[C@@H](c2ccc(-n3c(Cl)cc4c(=O)n(CC5(O)CCN(C(=O)[C@@]6(C)C[C@@H]6C(F)(F)F)CC5)cnc43)cc2)CO1. The third-order valence-electron chi connectivity index (χ3n) is 9.84. The number of fused-ring (bicyclic) bond motifs is 1. The van der Waals surface area contributed by atoms with Crippen LogP contribution in [0.4, 0.5) is 18.0 Å². The number of rotatable bonds is 5. The van der Waals surface area contributed by atoms with Gasteiger partial charge >= 0.3 is 12.3 Å². The molecule has 15 heteroatoms. The quantitative estimate of drug-likeness (QED) is 0.373. The number of morpholine rings is 1. The second-order valence-electron chi connectivity index (χ2n) is 14.8. The summed E-state index contributed by atoms with van der Waals surface area (Å²) in [6, 6.07) is 8.49. The fraction of sp³-hybridized carbons (Fsp3) is 0.588. The minimum Gasteiger partial charge on any atom is -0.444 e. The van der Waals surface area contributed by atoms with Gasteiger partial charge in [-0.1, -0.05) is 30.7 Å². The first-order valence-corrected chi connectivity index (χ1v) is 16.7. The van der Waals surface area contributed by atoms with E-state index in [-0.39, 0.29) is 61.6 Å². The summed E-state index contributed by atoms with van der Waals surface area (Å²) < 4.78 is 54.0. The third-order valence-corrected chi connectivity index (χ3v) is 10.1. The van der Waals surface area contributed by atoms with Crippen molar-refractivity contribution in [1.82, 2.24) is 23.9 Å². The number of halogens is 4. The van der Waals surface area contributed by atoms with Gasteiger partial charge < -0.3 is 19.5 Å². The van der Waals surface area contributed by atoms with E-state index in [4.69, 9.17) is 21.1 Å². The molecule has 1 aromatic carbocycles. The molecule has 3 aromatic rings. The molecule has 3 aliphatic rings. The van der Waals surface area contributed by atoms with Crippen molar-refractivity contribution in [2.45, 2.75) is 90.0 Å². The Morgan fingerprint density at radius 2 is 1.80 bits per heavy atom. The van der Waals surface area contributed by atoms with Crippen molar-refractivity contribution in [2.75, 3.05) is 26.2 Å². The summed E-state index contributed by atoms with van der Waals surface area (Å²) in [5, 5.41) is 11.8. The molecular weight excluding hydrogens is 667 g/mol. The number of alkyl halides is 3. The Hall–Kier alpha value is -3.62. The number of carbonyl (C=O) groups is 2. The fourth-order valence-electron chi connectivity index (χ4n) is 6.93. The van der Waals surface area contributed by atoms with Crippen molar-refractivity contribution >= 4 is 34.6 Å². The Morgan fingerprint density at radius 3 is 2.39 bits per heavy atom. The van der Waals surface area contributed by atoms with E-state index in [1.807, 2.05) is 52.0 Å². The van der Waals surface area contributed by atoms with Crippen molar-refractivity contribution < 1.29 is 37.3 Å². The number of benzene rings is 1. The second kappa shape index (κ2) is 12.3. The zero-order valence-corrected chi connectivity index (χ0v) is 28.8. The average Bonchev–Trinajstić information content (AvgIpc) is 3.63. The lowest BCUT2D eigenvalue weighted by Crippen LogP contribution is -2.51. The fourth-order valence-corrected chi connectivity index (χ4v) is 7.22. The van der Waals surface area contributed by atoms with Crippen LogP contribution in [0.2, 0.25) is 5.15 Å². The number of nitrogens with zero attached hydrogens (tertiary/aromatic N) is 5. The van der Waals surface area contributed by atoms with Crippen LogP contribution in [0.1, 0.15) is 65.5 Å². The van der Waals surface area contributed by atoms with Gasteiger partial charge in [-0.25, -0.2) is 9.78 Å². The van der Waals surface area contributed by atoms with Crippen LogP contribution in [-0.4, -0.2) is 90.7 Å². The van der Waals surface area contributed by atoms with Gasteiger partial charge in [0.2, 0.25) is 5.91 Å². The van der Waals surface area contributed by atoms with E-state index in [9.17, 15) is 32.7 Å². The minimum atomic E-state index is -4.42. The van der Waals surface area contributed by atoms with E-state index in [2.05, 4.69) is 4.98 Å². The van der Waals surface area contributed by atoms with Gasteiger partial charge in [-0.05, 0) is 70.7 Å². The van der Waals surface area contributed by atoms with Crippen LogP contribution >= 0.6 is 11.6 Å². The highest BCUT2D eigenvalue weighted by Crippen LogP contribution is 2.61. The summed E-state index contributed by atoms with van der Waals surface area (Å²) in [4.78, 5) is 47.1. The molecule has 4 heterocycles. The van der Waals surface area contributed by atoms with Gasteiger partial charge in [0.1, 0.15) is 17.1 Å². The molecule has 0 spiro atoms. The smallest absolute Gasteiger partial charge is 0.410 e. The van der Waals surface area contributed by atoms with Crippen LogP contribution in [0.15, 0.2) is 41.5 Å². The van der Waals surface area contributed by atoms with Crippen molar-refractivity contribution in [2.24, 2.45) is 11.3 Å². The van der Waals surface area contributed by atoms with Gasteiger partial charge in [0.25, 0.3) is 5.56 Å². The lowest BCUT2D eigenvalue weighted by atomic mass is 9.90. The average molecular weight is 708 g/mol. The van der Waals surface area contributed by atoms with E-state index in [1.165, 1.54) is 28.8 Å². The first-order chi connectivity index (χ1) is 22.8. The van der Waals surface area contributed by atoms with E-state index >= 15 is 0 Å². The van der Waals surface area contributed by atoms with Crippen LogP contribution in [0.5, 0.6) is 0 Å². The summed E-state index contributed by atoms with van der Waals surface area (Å²) >= 11 is 6.63. The summed E-state index contributed by atoms with van der Waals surface area (Å²) in [5.74, 6) is -2.20. The third kappa shape index (κ3) is 6.91. The van der Waals surface area contributed by atoms with Crippen LogP contribution in [-0.2, 0) is 20.8 Å². The number of carbonyl (C=O) groups excluding carboxylic acids is 2. The van der Waals surface area contributed by atoms with Crippen LogP contribution in [0.3, 0.4) is 0 Å². The largest absolute Gasteiger partial charge is 0.444 e. The Labute approximate surface area is 286 Å².